The summed E-state index contributed by atoms with van der Waals surface area (Å²) in [6, 6.07) is 0.880. The number of anilines is 1. The van der Waals surface area contributed by atoms with Crippen LogP contribution >= 0.6 is 31.9 Å². The Kier molecular flexibility index (Phi) is 2.18. The highest BCUT2D eigenvalue weighted by atomic mass is 79.9. The Morgan fingerprint density at radius 1 is 1.44 bits per heavy atom. The summed E-state index contributed by atoms with van der Waals surface area (Å²) in [5.41, 5.74) is 5.90. The van der Waals surface area contributed by atoms with Crippen molar-refractivity contribution < 1.29 is 13.7 Å². The summed E-state index contributed by atoms with van der Waals surface area (Å²) in [5.74, 6) is 0. The zero-order chi connectivity index (χ0) is 22.1. The summed E-state index contributed by atoms with van der Waals surface area (Å²) in [6.07, 6.45) is -12.2. The Labute approximate surface area is 140 Å². The van der Waals surface area contributed by atoms with E-state index in [0.717, 1.165) is 7.05 Å². The zero-order valence-electron chi connectivity index (χ0n) is 19.7. The lowest BCUT2D eigenvalue weighted by Gasteiger charge is -2.31. The smallest absolute Gasteiger partial charge is 0.0504 e. The van der Waals surface area contributed by atoms with E-state index in [4.69, 9.17) is 19.4 Å². The van der Waals surface area contributed by atoms with Crippen LogP contribution in [0.5, 0.6) is 0 Å². The average molecular weight is 386 g/mol. The number of rotatable bonds is 3. The second-order valence-corrected chi connectivity index (χ2v) is 5.56. The topological polar surface area (TPSA) is 29.3 Å². The lowest BCUT2D eigenvalue weighted by Crippen LogP contribution is -2.33. The Bertz CT molecular complexity index is 758. The van der Waals surface area contributed by atoms with Gasteiger partial charge >= 0.3 is 0 Å². The first-order valence-corrected chi connectivity index (χ1v) is 6.87. The molecule has 1 aliphatic carbocycles. The molecule has 0 saturated heterocycles. The molecule has 0 unspecified atom stereocenters. The number of nitrogen functional groups attached to an aromatic ring is 1. The quantitative estimate of drug-likeness (QED) is 0.772. The Morgan fingerprint density at radius 3 is 2.78 bits per heavy atom. The van der Waals surface area contributed by atoms with Crippen molar-refractivity contribution in [2.45, 2.75) is 44.5 Å². The lowest BCUT2D eigenvalue weighted by molar-refractivity contribution is 0.185. The van der Waals surface area contributed by atoms with E-state index in [1.54, 1.807) is 6.07 Å². The Hall–Kier alpha value is -0.0600. The van der Waals surface area contributed by atoms with Gasteiger partial charge in [-0.25, -0.2) is 0 Å². The van der Waals surface area contributed by atoms with Gasteiger partial charge in [-0.2, -0.15) is 0 Å². The second kappa shape index (κ2) is 6.40. The minimum absolute atomic E-state index is 0.0167. The molecule has 0 spiro atoms. The van der Waals surface area contributed by atoms with Crippen LogP contribution in [0.4, 0.5) is 5.69 Å². The molecule has 0 atom stereocenters. The standard InChI is InChI=1S/C14H20Br2N2/c1-18(12-5-3-2-4-6-12)9-10-7-11(15)8-13(16)14(10)17/h7-8,12H,2-6,9,17H2,1H3/i3D2,4D2,5D2,6D2,9D2. The molecule has 1 fully saturated rings. The minimum atomic E-state index is -2.89. The molecule has 0 radical (unpaired) electrons. The minimum Gasteiger partial charge on any atom is -0.398 e. The molecule has 1 aromatic carbocycles. The fourth-order valence-corrected chi connectivity index (χ4v) is 2.73. The third-order valence-corrected chi connectivity index (χ3v) is 3.55. The SMILES string of the molecule is [2H]C([2H])(c1cc(Br)cc(Br)c1N)N(C)C1C([2H])([2H])C([2H])([2H])CC([2H])([2H])C1([2H])[2H]. The van der Waals surface area contributed by atoms with E-state index < -0.39 is 44.5 Å². The maximum atomic E-state index is 8.55. The van der Waals surface area contributed by atoms with E-state index >= 15 is 0 Å². The Morgan fingerprint density at radius 2 is 2.11 bits per heavy atom. The van der Waals surface area contributed by atoms with Gasteiger partial charge in [0.05, 0.1) is 5.69 Å². The van der Waals surface area contributed by atoms with Gasteiger partial charge in [-0.15, -0.1) is 0 Å². The molecule has 18 heavy (non-hydrogen) atoms. The van der Waals surface area contributed by atoms with Gasteiger partial charge in [0, 0.05) is 35.2 Å². The zero-order valence-corrected chi connectivity index (χ0v) is 12.9. The van der Waals surface area contributed by atoms with Crippen molar-refractivity contribution in [2.75, 3.05) is 12.8 Å². The van der Waals surface area contributed by atoms with E-state index in [9.17, 15) is 0 Å². The highest BCUT2D eigenvalue weighted by Gasteiger charge is 2.19. The summed E-state index contributed by atoms with van der Waals surface area (Å²) in [4.78, 5) is 0.701. The first-order chi connectivity index (χ1) is 12.3. The van der Waals surface area contributed by atoms with Crippen LogP contribution in [0.15, 0.2) is 21.1 Å². The molecule has 1 saturated carbocycles. The molecule has 2 rings (SSSR count). The molecular formula is C14H20Br2N2. The number of nitrogens with zero attached hydrogens (tertiary/aromatic N) is 1. The van der Waals surface area contributed by atoms with E-state index in [2.05, 4.69) is 31.9 Å². The van der Waals surface area contributed by atoms with Gasteiger partial charge < -0.3 is 5.73 Å². The molecule has 1 aromatic rings. The van der Waals surface area contributed by atoms with Crippen molar-refractivity contribution in [1.29, 1.82) is 0 Å². The number of benzene rings is 1. The summed E-state index contributed by atoms with van der Waals surface area (Å²) in [6.45, 7) is -2.54. The summed E-state index contributed by atoms with van der Waals surface area (Å²) < 4.78 is 83.0. The number of halogens is 2. The molecule has 0 bridgehead atoms. The molecule has 1 aliphatic rings. The molecule has 0 aromatic heterocycles. The molecular weight excluding hydrogens is 356 g/mol. The predicted molar refractivity (Wildman–Crippen MR) is 84.6 cm³/mol. The summed E-state index contributed by atoms with van der Waals surface area (Å²) in [5, 5.41) is 0. The summed E-state index contributed by atoms with van der Waals surface area (Å²) in [7, 11) is 1.10. The van der Waals surface area contributed by atoms with Crippen LogP contribution in [0, 0.1) is 0 Å². The van der Waals surface area contributed by atoms with Crippen LogP contribution < -0.4 is 5.73 Å². The third kappa shape index (κ3) is 3.49. The fourth-order valence-electron chi connectivity index (χ4n) is 1.50. The van der Waals surface area contributed by atoms with Crippen LogP contribution in [-0.4, -0.2) is 18.0 Å². The van der Waals surface area contributed by atoms with Gasteiger partial charge in [-0.1, -0.05) is 35.1 Å². The maximum Gasteiger partial charge on any atom is 0.0504 e. The van der Waals surface area contributed by atoms with Crippen LogP contribution in [0.3, 0.4) is 0 Å². The van der Waals surface area contributed by atoms with Crippen molar-refractivity contribution in [2.24, 2.45) is 0 Å². The first kappa shape index (κ1) is 6.15. The predicted octanol–water partition coefficient (Wildman–Crippen LogP) is 4.56. The van der Waals surface area contributed by atoms with Crippen molar-refractivity contribution in [3.8, 4) is 0 Å². The van der Waals surface area contributed by atoms with E-state index in [1.165, 1.54) is 6.07 Å². The van der Waals surface area contributed by atoms with Gasteiger partial charge in [0.15, 0.2) is 0 Å². The first-order valence-electron chi connectivity index (χ1n) is 10.3. The number of hydrogen-bond donors (Lipinski definition) is 1. The van der Waals surface area contributed by atoms with E-state index in [0.29, 0.717) is 13.8 Å². The molecule has 0 heterocycles. The largest absolute Gasteiger partial charge is 0.398 e. The van der Waals surface area contributed by atoms with E-state index in [1.807, 2.05) is 0 Å². The van der Waals surface area contributed by atoms with Gasteiger partial charge in [-0.05, 0) is 53.4 Å². The molecule has 4 heteroatoms. The van der Waals surface area contributed by atoms with Crippen LogP contribution in [0.1, 0.15) is 51.2 Å². The van der Waals surface area contributed by atoms with Crippen LogP contribution in [0.2, 0.25) is 0 Å². The van der Waals surface area contributed by atoms with Crippen molar-refractivity contribution in [3.05, 3.63) is 26.6 Å². The average Bonchev–Trinajstić information content (AvgIpc) is 2.47. The Balaban J connectivity index is 2.69. The van der Waals surface area contributed by atoms with Gasteiger partial charge in [0.25, 0.3) is 0 Å². The molecule has 2 nitrogen and oxygen atoms in total. The lowest BCUT2D eigenvalue weighted by atomic mass is 9.94. The number of nitrogens with two attached hydrogens (primary N) is 1. The molecule has 0 amide bonds. The van der Waals surface area contributed by atoms with Crippen LogP contribution in [-0.2, 0) is 6.50 Å². The van der Waals surface area contributed by atoms with Crippen molar-refractivity contribution >= 4 is 37.5 Å². The molecule has 100 valence electrons. The third-order valence-electron chi connectivity index (χ3n) is 2.43. The highest BCUT2D eigenvalue weighted by Crippen LogP contribution is 2.30. The monoisotopic (exact) mass is 384 g/mol. The fraction of sp³-hybridized carbons (Fsp3) is 0.571. The summed E-state index contributed by atoms with van der Waals surface area (Å²) >= 11 is 6.43. The van der Waals surface area contributed by atoms with Gasteiger partial charge in [0.2, 0.25) is 0 Å². The van der Waals surface area contributed by atoms with Crippen molar-refractivity contribution in [1.82, 2.24) is 4.90 Å². The van der Waals surface area contributed by atoms with Gasteiger partial charge in [0.1, 0.15) is 0 Å². The van der Waals surface area contributed by atoms with Crippen LogP contribution in [0.25, 0.3) is 0 Å². The molecule has 0 aliphatic heterocycles. The van der Waals surface area contributed by atoms with E-state index in [-0.39, 0.29) is 11.3 Å². The second-order valence-electron chi connectivity index (χ2n) is 3.79. The van der Waals surface area contributed by atoms with Gasteiger partial charge in [-0.3, -0.25) is 4.90 Å². The normalized spacial score (nSPS) is 37.6. The highest BCUT2D eigenvalue weighted by molar-refractivity contribution is 9.11. The maximum absolute atomic E-state index is 8.55. The van der Waals surface area contributed by atoms with Crippen molar-refractivity contribution in [3.63, 3.8) is 0 Å². The molecule has 2 N–H and O–H groups in total. The number of hydrogen-bond acceptors (Lipinski definition) is 2.